The number of hydrogen-bond acceptors (Lipinski definition) is 7. The van der Waals surface area contributed by atoms with E-state index >= 15 is 0 Å². The second kappa shape index (κ2) is 6.96. The standard InChI is InChI=1S/C19H21N7S/c1-11(2)22-19-18-15(6-7-26(18)13-4-5-16(20)21-10-13)23-17(24-19)9-14-8-12(3)25-27-14/h4-8,10-11H,9H2,1-3H3,(H2,20,21)(H,22,23,24). The molecule has 0 aliphatic carbocycles. The molecule has 0 aliphatic rings. The van der Waals surface area contributed by atoms with E-state index in [-0.39, 0.29) is 6.04 Å². The number of fused-ring (bicyclic) bond motifs is 1. The van der Waals surface area contributed by atoms with Gasteiger partial charge in [-0.3, -0.25) is 0 Å². The number of aryl methyl sites for hydroxylation is 1. The molecule has 0 amide bonds. The first kappa shape index (κ1) is 17.4. The average molecular weight is 379 g/mol. The maximum atomic E-state index is 5.72. The van der Waals surface area contributed by atoms with Crippen LogP contribution < -0.4 is 11.1 Å². The lowest BCUT2D eigenvalue weighted by Crippen LogP contribution is -2.14. The predicted molar refractivity (Wildman–Crippen MR) is 109 cm³/mol. The van der Waals surface area contributed by atoms with Gasteiger partial charge < -0.3 is 15.6 Å². The summed E-state index contributed by atoms with van der Waals surface area (Å²) in [5.74, 6) is 2.09. The fraction of sp³-hybridized carbons (Fsp3) is 0.263. The van der Waals surface area contributed by atoms with Crippen LogP contribution in [-0.4, -0.2) is 29.9 Å². The quantitative estimate of drug-likeness (QED) is 0.550. The lowest BCUT2D eigenvalue weighted by molar-refractivity contribution is 0.878. The molecule has 4 rings (SSSR count). The number of nitrogens with zero attached hydrogens (tertiary/aromatic N) is 5. The largest absolute Gasteiger partial charge is 0.384 e. The number of hydrogen-bond donors (Lipinski definition) is 2. The number of aromatic nitrogens is 5. The Kier molecular flexibility index (Phi) is 4.49. The van der Waals surface area contributed by atoms with Crippen LogP contribution in [0.4, 0.5) is 11.6 Å². The Morgan fingerprint density at radius 2 is 2.07 bits per heavy atom. The van der Waals surface area contributed by atoms with Gasteiger partial charge in [0.2, 0.25) is 0 Å². The Hall–Kier alpha value is -3.00. The predicted octanol–water partition coefficient (Wildman–Crippen LogP) is 3.57. The lowest BCUT2D eigenvalue weighted by atomic mass is 10.3. The molecule has 0 bridgehead atoms. The van der Waals surface area contributed by atoms with Crippen LogP contribution in [0.25, 0.3) is 16.7 Å². The van der Waals surface area contributed by atoms with Gasteiger partial charge in [0.25, 0.3) is 0 Å². The maximum Gasteiger partial charge on any atom is 0.154 e. The van der Waals surface area contributed by atoms with Crippen molar-refractivity contribution in [1.82, 2.24) is 23.9 Å². The highest BCUT2D eigenvalue weighted by atomic mass is 32.1. The summed E-state index contributed by atoms with van der Waals surface area (Å²) >= 11 is 1.50. The zero-order chi connectivity index (χ0) is 19.0. The Bertz CT molecular complexity index is 1080. The van der Waals surface area contributed by atoms with Gasteiger partial charge in [0.05, 0.1) is 23.1 Å². The molecule has 8 heteroatoms. The van der Waals surface area contributed by atoms with Gasteiger partial charge in [0.15, 0.2) is 5.82 Å². The van der Waals surface area contributed by atoms with E-state index in [0.717, 1.165) is 38.9 Å². The SMILES string of the molecule is Cc1cc(Cc2nc(NC(C)C)c3c(ccn3-c3ccc(N)nc3)n2)sn1. The summed E-state index contributed by atoms with van der Waals surface area (Å²) in [5.41, 5.74) is 9.49. The number of nitrogens with one attached hydrogen (secondary N) is 1. The van der Waals surface area contributed by atoms with Gasteiger partial charge in [-0.1, -0.05) is 0 Å². The normalized spacial score (nSPS) is 11.4. The molecule has 4 aromatic rings. The summed E-state index contributed by atoms with van der Waals surface area (Å²) in [4.78, 5) is 14.9. The van der Waals surface area contributed by atoms with E-state index in [1.807, 2.05) is 29.8 Å². The topological polar surface area (TPSA) is 94.5 Å². The molecular weight excluding hydrogens is 358 g/mol. The highest BCUT2D eigenvalue weighted by Crippen LogP contribution is 2.27. The Labute approximate surface area is 161 Å². The molecular formula is C19H21N7S. The fourth-order valence-corrected chi connectivity index (χ4v) is 3.69. The van der Waals surface area contributed by atoms with E-state index in [2.05, 4.69) is 34.6 Å². The van der Waals surface area contributed by atoms with Gasteiger partial charge in [-0.25, -0.2) is 15.0 Å². The summed E-state index contributed by atoms with van der Waals surface area (Å²) < 4.78 is 6.38. The summed E-state index contributed by atoms with van der Waals surface area (Å²) in [7, 11) is 0. The molecule has 0 spiro atoms. The highest BCUT2D eigenvalue weighted by Gasteiger charge is 2.15. The van der Waals surface area contributed by atoms with E-state index in [1.54, 1.807) is 12.3 Å². The molecule has 0 saturated heterocycles. The monoisotopic (exact) mass is 379 g/mol. The summed E-state index contributed by atoms with van der Waals surface area (Å²) in [5, 5.41) is 3.46. The molecule has 4 aromatic heterocycles. The van der Waals surface area contributed by atoms with E-state index in [4.69, 9.17) is 15.7 Å². The van der Waals surface area contributed by atoms with Gasteiger partial charge in [0.1, 0.15) is 17.2 Å². The number of anilines is 2. The van der Waals surface area contributed by atoms with Crippen molar-refractivity contribution in [2.24, 2.45) is 0 Å². The number of nitrogens with two attached hydrogens (primary N) is 1. The second-order valence-electron chi connectivity index (χ2n) is 6.76. The van der Waals surface area contributed by atoms with Crippen LogP contribution in [0.2, 0.25) is 0 Å². The molecule has 0 fully saturated rings. The van der Waals surface area contributed by atoms with Crippen molar-refractivity contribution in [3.63, 3.8) is 0 Å². The average Bonchev–Trinajstić information content (AvgIpc) is 3.21. The molecule has 0 atom stereocenters. The van der Waals surface area contributed by atoms with Crippen molar-refractivity contribution >= 4 is 34.2 Å². The first-order chi connectivity index (χ1) is 13.0. The molecule has 3 N–H and O–H groups in total. The van der Waals surface area contributed by atoms with Crippen LogP contribution in [0.5, 0.6) is 0 Å². The third kappa shape index (κ3) is 3.61. The van der Waals surface area contributed by atoms with Gasteiger partial charge in [-0.2, -0.15) is 4.37 Å². The van der Waals surface area contributed by atoms with Crippen molar-refractivity contribution < 1.29 is 0 Å². The molecule has 0 unspecified atom stereocenters. The second-order valence-corrected chi connectivity index (χ2v) is 7.65. The first-order valence-electron chi connectivity index (χ1n) is 8.78. The van der Waals surface area contributed by atoms with Gasteiger partial charge in [0, 0.05) is 23.5 Å². The van der Waals surface area contributed by atoms with E-state index in [9.17, 15) is 0 Å². The number of rotatable bonds is 5. The minimum absolute atomic E-state index is 0.245. The fourth-order valence-electron chi connectivity index (χ4n) is 2.96. The van der Waals surface area contributed by atoms with Crippen LogP contribution in [-0.2, 0) is 6.42 Å². The van der Waals surface area contributed by atoms with Crippen LogP contribution in [0.15, 0.2) is 36.7 Å². The molecule has 7 nitrogen and oxygen atoms in total. The molecule has 4 heterocycles. The zero-order valence-corrected chi connectivity index (χ0v) is 16.3. The van der Waals surface area contributed by atoms with Crippen molar-refractivity contribution in [2.75, 3.05) is 11.1 Å². The molecule has 0 aliphatic heterocycles. The van der Waals surface area contributed by atoms with E-state index in [1.165, 1.54) is 11.5 Å². The van der Waals surface area contributed by atoms with E-state index in [0.29, 0.717) is 12.2 Å². The molecule has 0 radical (unpaired) electrons. The Balaban J connectivity index is 1.82. The van der Waals surface area contributed by atoms with Crippen molar-refractivity contribution in [1.29, 1.82) is 0 Å². The zero-order valence-electron chi connectivity index (χ0n) is 15.5. The molecule has 0 saturated carbocycles. The molecule has 27 heavy (non-hydrogen) atoms. The number of pyridine rings is 1. The maximum absolute atomic E-state index is 5.72. The highest BCUT2D eigenvalue weighted by molar-refractivity contribution is 7.05. The third-order valence-corrected chi connectivity index (χ3v) is 4.94. The smallest absolute Gasteiger partial charge is 0.154 e. The molecule has 0 aromatic carbocycles. The summed E-state index contributed by atoms with van der Waals surface area (Å²) in [6.45, 7) is 6.19. The first-order valence-corrected chi connectivity index (χ1v) is 9.55. The van der Waals surface area contributed by atoms with Crippen molar-refractivity contribution in [2.45, 2.75) is 33.2 Å². The summed E-state index contributed by atoms with van der Waals surface area (Å²) in [6.07, 6.45) is 4.41. The number of nitrogen functional groups attached to an aromatic ring is 1. The van der Waals surface area contributed by atoms with Gasteiger partial charge in [-0.05, 0) is 56.6 Å². The third-order valence-electron chi connectivity index (χ3n) is 4.06. The van der Waals surface area contributed by atoms with Crippen LogP contribution >= 0.6 is 11.5 Å². The van der Waals surface area contributed by atoms with E-state index < -0.39 is 0 Å². The Morgan fingerprint density at radius 3 is 2.74 bits per heavy atom. The van der Waals surface area contributed by atoms with Crippen LogP contribution in [0, 0.1) is 6.92 Å². The Morgan fingerprint density at radius 1 is 1.22 bits per heavy atom. The molecule has 138 valence electrons. The van der Waals surface area contributed by atoms with Gasteiger partial charge in [-0.15, -0.1) is 0 Å². The minimum atomic E-state index is 0.245. The van der Waals surface area contributed by atoms with Crippen molar-refractivity contribution in [3.8, 4) is 5.69 Å². The van der Waals surface area contributed by atoms with Crippen LogP contribution in [0.3, 0.4) is 0 Å². The minimum Gasteiger partial charge on any atom is -0.384 e. The lowest BCUT2D eigenvalue weighted by Gasteiger charge is -2.14. The van der Waals surface area contributed by atoms with Crippen LogP contribution in [0.1, 0.15) is 30.2 Å². The van der Waals surface area contributed by atoms with Gasteiger partial charge >= 0.3 is 0 Å². The van der Waals surface area contributed by atoms with Crippen molar-refractivity contribution in [3.05, 3.63) is 53.1 Å². The summed E-state index contributed by atoms with van der Waals surface area (Å²) in [6, 6.07) is 8.06.